The number of halogens is 2. The van der Waals surface area contributed by atoms with Gasteiger partial charge >= 0.3 is 0 Å². The van der Waals surface area contributed by atoms with Crippen molar-refractivity contribution < 1.29 is 9.53 Å². The van der Waals surface area contributed by atoms with Crippen LogP contribution in [-0.4, -0.2) is 12.5 Å². The second-order valence-corrected chi connectivity index (χ2v) is 6.15. The second kappa shape index (κ2) is 8.23. The first-order valence-corrected chi connectivity index (χ1v) is 8.23. The fraction of sp³-hybridized carbons (Fsp3) is 0.278. The van der Waals surface area contributed by atoms with E-state index in [9.17, 15) is 4.79 Å². The van der Waals surface area contributed by atoms with E-state index in [-0.39, 0.29) is 12.5 Å². The molecule has 0 aliphatic carbocycles. The SMILES string of the molecule is CC[C@@H](C)c1ccccc1NC(=O)COc1ccc(Cl)cc1Cl. The zero-order valence-corrected chi connectivity index (χ0v) is 14.6. The van der Waals surface area contributed by atoms with Gasteiger partial charge in [0.05, 0.1) is 5.02 Å². The number of anilines is 1. The third-order valence-electron chi connectivity index (χ3n) is 3.63. The summed E-state index contributed by atoms with van der Waals surface area (Å²) in [5, 5.41) is 3.80. The van der Waals surface area contributed by atoms with Crippen LogP contribution < -0.4 is 10.1 Å². The predicted octanol–water partition coefficient (Wildman–Crippen LogP) is 5.52. The van der Waals surface area contributed by atoms with Gasteiger partial charge in [-0.05, 0) is 42.2 Å². The number of nitrogens with one attached hydrogen (secondary N) is 1. The van der Waals surface area contributed by atoms with Crippen molar-refractivity contribution in [2.24, 2.45) is 0 Å². The molecular weight excluding hydrogens is 333 g/mol. The average Bonchev–Trinajstić information content (AvgIpc) is 2.54. The van der Waals surface area contributed by atoms with Crippen LogP contribution in [0.5, 0.6) is 5.75 Å². The van der Waals surface area contributed by atoms with Crippen LogP contribution in [0.2, 0.25) is 10.0 Å². The quantitative estimate of drug-likeness (QED) is 0.743. The number of benzene rings is 2. The molecule has 0 radical (unpaired) electrons. The van der Waals surface area contributed by atoms with Crippen LogP contribution in [0.3, 0.4) is 0 Å². The molecule has 0 spiro atoms. The second-order valence-electron chi connectivity index (χ2n) is 5.31. The standard InChI is InChI=1S/C18H19Cl2NO2/c1-3-12(2)14-6-4-5-7-16(14)21-18(22)11-23-17-9-8-13(19)10-15(17)20/h4-10,12H,3,11H2,1-2H3,(H,21,22)/t12-/m1/s1. The summed E-state index contributed by atoms with van der Waals surface area (Å²) >= 11 is 11.8. The van der Waals surface area contributed by atoms with Gasteiger partial charge < -0.3 is 10.1 Å². The lowest BCUT2D eigenvalue weighted by atomic mass is 9.97. The highest BCUT2D eigenvalue weighted by Gasteiger charge is 2.12. The number of hydrogen-bond acceptors (Lipinski definition) is 2. The van der Waals surface area contributed by atoms with E-state index in [2.05, 4.69) is 19.2 Å². The molecule has 122 valence electrons. The van der Waals surface area contributed by atoms with Crippen molar-refractivity contribution in [1.29, 1.82) is 0 Å². The molecule has 0 bridgehead atoms. The molecule has 5 heteroatoms. The van der Waals surface area contributed by atoms with E-state index in [1.54, 1.807) is 18.2 Å². The Hall–Kier alpha value is -1.71. The molecule has 2 rings (SSSR count). The Kier molecular flexibility index (Phi) is 6.31. The van der Waals surface area contributed by atoms with Gasteiger partial charge in [-0.25, -0.2) is 0 Å². The lowest BCUT2D eigenvalue weighted by Crippen LogP contribution is -2.21. The smallest absolute Gasteiger partial charge is 0.262 e. The van der Waals surface area contributed by atoms with Crippen molar-refractivity contribution in [3.05, 3.63) is 58.1 Å². The van der Waals surface area contributed by atoms with Gasteiger partial charge in [0.15, 0.2) is 6.61 Å². The van der Waals surface area contributed by atoms with E-state index in [0.29, 0.717) is 21.7 Å². The van der Waals surface area contributed by atoms with E-state index in [4.69, 9.17) is 27.9 Å². The molecule has 1 N–H and O–H groups in total. The van der Waals surface area contributed by atoms with Crippen LogP contribution in [0.4, 0.5) is 5.69 Å². The number of rotatable bonds is 6. The minimum Gasteiger partial charge on any atom is -0.482 e. The lowest BCUT2D eigenvalue weighted by Gasteiger charge is -2.16. The van der Waals surface area contributed by atoms with E-state index in [1.807, 2.05) is 24.3 Å². The normalized spacial score (nSPS) is 11.8. The number of hydrogen-bond donors (Lipinski definition) is 1. The van der Waals surface area contributed by atoms with E-state index < -0.39 is 0 Å². The van der Waals surface area contributed by atoms with E-state index in [0.717, 1.165) is 17.7 Å². The molecular formula is C18H19Cl2NO2. The van der Waals surface area contributed by atoms with Gasteiger partial charge in [-0.3, -0.25) is 4.79 Å². The maximum Gasteiger partial charge on any atom is 0.262 e. The van der Waals surface area contributed by atoms with Gasteiger partial charge in [0.25, 0.3) is 5.91 Å². The van der Waals surface area contributed by atoms with E-state index in [1.165, 1.54) is 0 Å². The summed E-state index contributed by atoms with van der Waals surface area (Å²) in [7, 11) is 0. The Bertz CT molecular complexity index is 688. The zero-order chi connectivity index (χ0) is 16.8. The highest BCUT2D eigenvalue weighted by molar-refractivity contribution is 6.35. The Labute approximate surface area is 146 Å². The molecule has 2 aromatic rings. The van der Waals surface area contributed by atoms with Crippen molar-refractivity contribution >= 4 is 34.8 Å². The largest absolute Gasteiger partial charge is 0.482 e. The first kappa shape index (κ1) is 17.6. The highest BCUT2D eigenvalue weighted by Crippen LogP contribution is 2.28. The number of ether oxygens (including phenoxy) is 1. The third kappa shape index (κ3) is 4.88. The number of carbonyl (C=O) groups is 1. The van der Waals surface area contributed by atoms with Crippen LogP contribution in [0.1, 0.15) is 31.7 Å². The summed E-state index contributed by atoms with van der Waals surface area (Å²) in [5.41, 5.74) is 1.94. The van der Waals surface area contributed by atoms with Crippen molar-refractivity contribution in [2.75, 3.05) is 11.9 Å². The minimum atomic E-state index is -0.230. The summed E-state index contributed by atoms with van der Waals surface area (Å²) in [6.45, 7) is 4.14. The fourth-order valence-corrected chi connectivity index (χ4v) is 2.65. The van der Waals surface area contributed by atoms with Crippen molar-refractivity contribution in [3.63, 3.8) is 0 Å². The Morgan fingerprint density at radius 1 is 1.22 bits per heavy atom. The maximum absolute atomic E-state index is 12.1. The molecule has 0 fully saturated rings. The summed E-state index contributed by atoms with van der Waals surface area (Å²) < 4.78 is 5.45. The number of amides is 1. The first-order chi connectivity index (χ1) is 11.0. The summed E-state index contributed by atoms with van der Waals surface area (Å²) in [5.74, 6) is 0.575. The first-order valence-electron chi connectivity index (χ1n) is 7.48. The van der Waals surface area contributed by atoms with Gasteiger partial charge in [-0.15, -0.1) is 0 Å². The van der Waals surface area contributed by atoms with Crippen LogP contribution in [0.25, 0.3) is 0 Å². The topological polar surface area (TPSA) is 38.3 Å². The lowest BCUT2D eigenvalue weighted by molar-refractivity contribution is -0.118. The summed E-state index contributed by atoms with van der Waals surface area (Å²) in [4.78, 5) is 12.1. The minimum absolute atomic E-state index is 0.115. The highest BCUT2D eigenvalue weighted by atomic mass is 35.5. The monoisotopic (exact) mass is 351 g/mol. The summed E-state index contributed by atoms with van der Waals surface area (Å²) in [6.07, 6.45) is 1.00. The molecule has 3 nitrogen and oxygen atoms in total. The van der Waals surface area contributed by atoms with E-state index >= 15 is 0 Å². The van der Waals surface area contributed by atoms with Crippen LogP contribution in [-0.2, 0) is 4.79 Å². The number of para-hydroxylation sites is 1. The molecule has 0 saturated carbocycles. The van der Waals surface area contributed by atoms with Crippen molar-refractivity contribution in [3.8, 4) is 5.75 Å². The molecule has 0 aromatic heterocycles. The van der Waals surface area contributed by atoms with Gasteiger partial charge in [-0.1, -0.05) is 55.2 Å². The summed E-state index contributed by atoms with van der Waals surface area (Å²) in [6, 6.07) is 12.7. The molecule has 0 saturated heterocycles. The van der Waals surface area contributed by atoms with Gasteiger partial charge in [0.1, 0.15) is 5.75 Å². The third-order valence-corrected chi connectivity index (χ3v) is 4.16. The van der Waals surface area contributed by atoms with Gasteiger partial charge in [0.2, 0.25) is 0 Å². The molecule has 1 amide bonds. The van der Waals surface area contributed by atoms with Gasteiger partial charge in [0, 0.05) is 10.7 Å². The van der Waals surface area contributed by atoms with Crippen molar-refractivity contribution in [1.82, 2.24) is 0 Å². The molecule has 23 heavy (non-hydrogen) atoms. The molecule has 0 unspecified atom stereocenters. The molecule has 2 aromatic carbocycles. The Balaban J connectivity index is 2.00. The number of carbonyl (C=O) groups excluding carboxylic acids is 1. The van der Waals surface area contributed by atoms with Crippen LogP contribution >= 0.6 is 23.2 Å². The molecule has 0 aliphatic rings. The molecule has 1 atom stereocenters. The van der Waals surface area contributed by atoms with Crippen LogP contribution in [0, 0.1) is 0 Å². The Morgan fingerprint density at radius 3 is 2.65 bits per heavy atom. The fourth-order valence-electron chi connectivity index (χ4n) is 2.18. The average molecular weight is 352 g/mol. The van der Waals surface area contributed by atoms with Crippen molar-refractivity contribution in [2.45, 2.75) is 26.2 Å². The molecule has 0 heterocycles. The predicted molar refractivity (Wildman–Crippen MR) is 95.7 cm³/mol. The Morgan fingerprint density at radius 2 is 1.96 bits per heavy atom. The van der Waals surface area contributed by atoms with Gasteiger partial charge in [-0.2, -0.15) is 0 Å². The zero-order valence-electron chi connectivity index (χ0n) is 13.1. The van der Waals surface area contributed by atoms with Crippen LogP contribution in [0.15, 0.2) is 42.5 Å². The molecule has 0 aliphatic heterocycles. The maximum atomic E-state index is 12.1.